The molecule has 0 saturated heterocycles. The average molecular weight is 349 g/mol. The summed E-state index contributed by atoms with van der Waals surface area (Å²) in [5.41, 5.74) is 2.54. The van der Waals surface area contributed by atoms with Gasteiger partial charge in [-0.3, -0.25) is 4.79 Å². The van der Waals surface area contributed by atoms with Crippen LogP contribution in [0.15, 0.2) is 67.0 Å². The van der Waals surface area contributed by atoms with E-state index in [1.165, 1.54) is 0 Å². The minimum Gasteiger partial charge on any atom is -0.497 e. The third-order valence-corrected chi connectivity index (χ3v) is 4.50. The third-order valence-electron chi connectivity index (χ3n) is 4.50. The van der Waals surface area contributed by atoms with Crippen molar-refractivity contribution in [3.05, 3.63) is 78.1 Å². The van der Waals surface area contributed by atoms with Crippen LogP contribution in [0.1, 0.15) is 35.8 Å². The Kier molecular flexibility index (Phi) is 5.37. The maximum absolute atomic E-state index is 13.0. The molecule has 2 aromatic carbocycles. The van der Waals surface area contributed by atoms with Gasteiger partial charge in [-0.25, -0.2) is 4.68 Å². The lowest BCUT2D eigenvalue weighted by Crippen LogP contribution is -2.33. The van der Waals surface area contributed by atoms with Crippen molar-refractivity contribution in [3.63, 3.8) is 0 Å². The first-order valence-electron chi connectivity index (χ1n) is 8.69. The molecule has 0 fully saturated rings. The van der Waals surface area contributed by atoms with Gasteiger partial charge in [0.25, 0.3) is 5.91 Å². The molecule has 0 saturated carbocycles. The summed E-state index contributed by atoms with van der Waals surface area (Å²) >= 11 is 0. The van der Waals surface area contributed by atoms with E-state index in [9.17, 15) is 4.79 Å². The molecular formula is C21H23N3O2. The summed E-state index contributed by atoms with van der Waals surface area (Å²) < 4.78 is 7.02. The Bertz CT molecular complexity index is 874. The third kappa shape index (κ3) is 3.61. The molecule has 5 heteroatoms. The second kappa shape index (κ2) is 7.87. The van der Waals surface area contributed by atoms with Crippen LogP contribution in [0.2, 0.25) is 0 Å². The van der Waals surface area contributed by atoms with Gasteiger partial charge in [0.1, 0.15) is 5.75 Å². The number of methoxy groups -OCH3 is 1. The quantitative estimate of drug-likeness (QED) is 0.673. The largest absolute Gasteiger partial charge is 0.497 e. The molecule has 0 spiro atoms. The Morgan fingerprint density at radius 3 is 2.65 bits per heavy atom. The van der Waals surface area contributed by atoms with Gasteiger partial charge in [-0.1, -0.05) is 30.3 Å². The van der Waals surface area contributed by atoms with Gasteiger partial charge in [0.2, 0.25) is 0 Å². The summed E-state index contributed by atoms with van der Waals surface area (Å²) in [5, 5.41) is 4.33. The smallest absolute Gasteiger partial charge is 0.257 e. The van der Waals surface area contributed by atoms with Gasteiger partial charge < -0.3 is 9.64 Å². The van der Waals surface area contributed by atoms with Gasteiger partial charge >= 0.3 is 0 Å². The van der Waals surface area contributed by atoms with Crippen LogP contribution in [0.25, 0.3) is 5.69 Å². The van der Waals surface area contributed by atoms with Crippen LogP contribution < -0.4 is 4.74 Å². The lowest BCUT2D eigenvalue weighted by molar-refractivity contribution is 0.0702. The number of benzene rings is 2. The Morgan fingerprint density at radius 2 is 1.96 bits per heavy atom. The fraction of sp³-hybridized carbons (Fsp3) is 0.238. The van der Waals surface area contributed by atoms with E-state index in [0.717, 1.165) is 17.0 Å². The van der Waals surface area contributed by atoms with Gasteiger partial charge in [-0.05, 0) is 43.7 Å². The predicted octanol–water partition coefficient (Wildman–Crippen LogP) is 4.10. The number of aromatic nitrogens is 2. The molecule has 0 radical (unpaired) electrons. The van der Waals surface area contributed by atoms with Crippen molar-refractivity contribution >= 4 is 5.91 Å². The van der Waals surface area contributed by atoms with E-state index >= 15 is 0 Å². The SMILES string of the molecule is CCN(C(=O)c1cnn(-c2ccccc2)c1)C(C)c1cccc(OC)c1. The summed E-state index contributed by atoms with van der Waals surface area (Å²) in [6, 6.07) is 17.5. The summed E-state index contributed by atoms with van der Waals surface area (Å²) in [6.45, 7) is 4.61. The molecule has 1 aromatic heterocycles. The number of amides is 1. The molecule has 3 aromatic rings. The Labute approximate surface area is 153 Å². The van der Waals surface area contributed by atoms with Crippen LogP contribution in [-0.4, -0.2) is 34.2 Å². The first-order chi connectivity index (χ1) is 12.6. The molecule has 26 heavy (non-hydrogen) atoms. The van der Waals surface area contributed by atoms with Gasteiger partial charge in [-0.15, -0.1) is 0 Å². The molecule has 3 rings (SSSR count). The topological polar surface area (TPSA) is 47.4 Å². The molecule has 0 aliphatic heterocycles. The van der Waals surface area contributed by atoms with Gasteiger partial charge in [0.05, 0.1) is 30.6 Å². The van der Waals surface area contributed by atoms with E-state index in [1.807, 2.05) is 73.3 Å². The molecule has 5 nitrogen and oxygen atoms in total. The van der Waals surface area contributed by atoms with E-state index in [1.54, 1.807) is 24.2 Å². The molecule has 134 valence electrons. The number of carbonyl (C=O) groups excluding carboxylic acids is 1. The zero-order valence-electron chi connectivity index (χ0n) is 15.3. The van der Waals surface area contributed by atoms with Crippen LogP contribution in [0.5, 0.6) is 5.75 Å². The van der Waals surface area contributed by atoms with Crippen molar-refractivity contribution in [3.8, 4) is 11.4 Å². The number of para-hydroxylation sites is 1. The first-order valence-corrected chi connectivity index (χ1v) is 8.69. The molecule has 0 bridgehead atoms. The second-order valence-electron chi connectivity index (χ2n) is 6.05. The van der Waals surface area contributed by atoms with Gasteiger partial charge in [-0.2, -0.15) is 5.10 Å². The lowest BCUT2D eigenvalue weighted by atomic mass is 10.1. The molecule has 1 atom stereocenters. The summed E-state index contributed by atoms with van der Waals surface area (Å²) in [4.78, 5) is 14.9. The molecule has 0 aliphatic carbocycles. The highest BCUT2D eigenvalue weighted by Crippen LogP contribution is 2.25. The van der Waals surface area contributed by atoms with Crippen molar-refractivity contribution in [1.82, 2.24) is 14.7 Å². The number of carbonyl (C=O) groups is 1. The molecule has 1 amide bonds. The van der Waals surface area contributed by atoms with Crippen molar-refractivity contribution in [2.45, 2.75) is 19.9 Å². The molecule has 1 heterocycles. The van der Waals surface area contributed by atoms with Crippen LogP contribution in [-0.2, 0) is 0 Å². The number of rotatable bonds is 6. The zero-order chi connectivity index (χ0) is 18.5. The van der Waals surface area contributed by atoms with Gasteiger partial charge in [0.15, 0.2) is 0 Å². The Hall–Kier alpha value is -3.08. The highest BCUT2D eigenvalue weighted by atomic mass is 16.5. The summed E-state index contributed by atoms with van der Waals surface area (Å²) in [6.07, 6.45) is 3.40. The van der Waals surface area contributed by atoms with Crippen LogP contribution >= 0.6 is 0 Å². The monoisotopic (exact) mass is 349 g/mol. The molecule has 1 unspecified atom stereocenters. The minimum atomic E-state index is -0.0670. The zero-order valence-corrected chi connectivity index (χ0v) is 15.3. The van der Waals surface area contributed by atoms with E-state index in [4.69, 9.17) is 4.74 Å². The predicted molar refractivity (Wildman–Crippen MR) is 102 cm³/mol. The fourth-order valence-corrected chi connectivity index (χ4v) is 3.00. The second-order valence-corrected chi connectivity index (χ2v) is 6.05. The fourth-order valence-electron chi connectivity index (χ4n) is 3.00. The molecule has 0 aliphatic rings. The number of ether oxygens (including phenoxy) is 1. The molecular weight excluding hydrogens is 326 g/mol. The van der Waals surface area contributed by atoms with Crippen LogP contribution in [0.4, 0.5) is 0 Å². The van der Waals surface area contributed by atoms with E-state index in [-0.39, 0.29) is 11.9 Å². The van der Waals surface area contributed by atoms with Crippen molar-refractivity contribution in [2.24, 2.45) is 0 Å². The lowest BCUT2D eigenvalue weighted by Gasteiger charge is -2.28. The van der Waals surface area contributed by atoms with Gasteiger partial charge in [0, 0.05) is 12.7 Å². The number of hydrogen-bond acceptors (Lipinski definition) is 3. The normalized spacial score (nSPS) is 11.8. The average Bonchev–Trinajstić information content (AvgIpc) is 3.19. The highest BCUT2D eigenvalue weighted by molar-refractivity contribution is 5.94. The van der Waals surface area contributed by atoms with Crippen LogP contribution in [0.3, 0.4) is 0 Å². The van der Waals surface area contributed by atoms with E-state index in [0.29, 0.717) is 12.1 Å². The maximum atomic E-state index is 13.0. The van der Waals surface area contributed by atoms with E-state index in [2.05, 4.69) is 5.10 Å². The van der Waals surface area contributed by atoms with Crippen molar-refractivity contribution < 1.29 is 9.53 Å². The van der Waals surface area contributed by atoms with Crippen LogP contribution in [0, 0.1) is 0 Å². The highest BCUT2D eigenvalue weighted by Gasteiger charge is 2.23. The maximum Gasteiger partial charge on any atom is 0.257 e. The van der Waals surface area contributed by atoms with E-state index < -0.39 is 0 Å². The number of nitrogens with zero attached hydrogens (tertiary/aromatic N) is 3. The first kappa shape index (κ1) is 17.7. The minimum absolute atomic E-state index is 0.0370. The summed E-state index contributed by atoms with van der Waals surface area (Å²) in [7, 11) is 1.64. The molecule has 0 N–H and O–H groups in total. The standard InChI is InChI=1S/C21H23N3O2/c1-4-23(16(2)17-9-8-12-20(13-17)26-3)21(25)18-14-22-24(15-18)19-10-6-5-7-11-19/h5-16H,4H2,1-3H3. The Morgan fingerprint density at radius 1 is 1.19 bits per heavy atom. The summed E-state index contributed by atoms with van der Waals surface area (Å²) in [5.74, 6) is 0.750. The number of hydrogen-bond donors (Lipinski definition) is 0. The Balaban J connectivity index is 1.83. The van der Waals surface area contributed by atoms with Crippen molar-refractivity contribution in [1.29, 1.82) is 0 Å². The van der Waals surface area contributed by atoms with Crippen molar-refractivity contribution in [2.75, 3.05) is 13.7 Å².